The SMILES string of the molecule is N=C(CCC=O)OCc1ccccc1. The standard InChI is InChI=1S/C11H13NO2/c12-11(7-4-8-13)14-9-10-5-2-1-3-6-10/h1-3,5-6,8,12H,4,7,9H2. The van der Waals surface area contributed by atoms with E-state index in [0.29, 0.717) is 19.4 Å². The lowest BCUT2D eigenvalue weighted by Gasteiger charge is -2.05. The number of carbonyl (C=O) groups excluding carboxylic acids is 1. The molecule has 0 heterocycles. The summed E-state index contributed by atoms with van der Waals surface area (Å²) in [7, 11) is 0. The molecule has 0 amide bonds. The van der Waals surface area contributed by atoms with Gasteiger partial charge in [-0.15, -0.1) is 0 Å². The van der Waals surface area contributed by atoms with Gasteiger partial charge < -0.3 is 9.53 Å². The van der Waals surface area contributed by atoms with Gasteiger partial charge in [0.2, 0.25) is 0 Å². The number of hydrogen-bond donors (Lipinski definition) is 1. The van der Waals surface area contributed by atoms with Gasteiger partial charge in [-0.1, -0.05) is 30.3 Å². The van der Waals surface area contributed by atoms with Gasteiger partial charge >= 0.3 is 0 Å². The van der Waals surface area contributed by atoms with E-state index in [1.165, 1.54) is 0 Å². The van der Waals surface area contributed by atoms with Crippen molar-refractivity contribution in [2.75, 3.05) is 0 Å². The van der Waals surface area contributed by atoms with Gasteiger partial charge in [-0.2, -0.15) is 0 Å². The predicted molar refractivity (Wildman–Crippen MR) is 54.3 cm³/mol. The summed E-state index contributed by atoms with van der Waals surface area (Å²) in [5.74, 6) is 0.168. The van der Waals surface area contributed by atoms with Crippen molar-refractivity contribution in [3.05, 3.63) is 35.9 Å². The Balaban J connectivity index is 2.27. The Hall–Kier alpha value is -1.64. The highest BCUT2D eigenvalue weighted by Gasteiger charge is 1.97. The van der Waals surface area contributed by atoms with Gasteiger partial charge in [0.15, 0.2) is 5.90 Å². The number of carbonyl (C=O) groups is 1. The molecule has 0 radical (unpaired) electrons. The van der Waals surface area contributed by atoms with Crippen molar-refractivity contribution in [1.29, 1.82) is 5.41 Å². The van der Waals surface area contributed by atoms with E-state index in [1.54, 1.807) is 0 Å². The molecule has 3 heteroatoms. The van der Waals surface area contributed by atoms with Crippen molar-refractivity contribution in [2.24, 2.45) is 0 Å². The average Bonchev–Trinajstić information content (AvgIpc) is 2.25. The molecule has 0 bridgehead atoms. The van der Waals surface area contributed by atoms with Gasteiger partial charge in [-0.05, 0) is 5.56 Å². The highest BCUT2D eigenvalue weighted by atomic mass is 16.5. The summed E-state index contributed by atoms with van der Waals surface area (Å²) in [6.45, 7) is 0.401. The number of aldehydes is 1. The second-order valence-corrected chi connectivity index (χ2v) is 2.90. The number of rotatable bonds is 5. The second kappa shape index (κ2) is 5.91. The number of hydrogen-bond acceptors (Lipinski definition) is 3. The molecule has 14 heavy (non-hydrogen) atoms. The fraction of sp³-hybridized carbons (Fsp3) is 0.273. The van der Waals surface area contributed by atoms with Gasteiger partial charge in [0.25, 0.3) is 0 Å². The Morgan fingerprint density at radius 1 is 1.36 bits per heavy atom. The third-order valence-electron chi connectivity index (χ3n) is 1.75. The van der Waals surface area contributed by atoms with E-state index in [9.17, 15) is 4.79 Å². The second-order valence-electron chi connectivity index (χ2n) is 2.90. The van der Waals surface area contributed by atoms with Crippen molar-refractivity contribution in [3.8, 4) is 0 Å². The molecule has 1 N–H and O–H groups in total. The lowest BCUT2D eigenvalue weighted by molar-refractivity contribution is -0.107. The molecule has 1 aromatic carbocycles. The van der Waals surface area contributed by atoms with Gasteiger partial charge in [-0.25, -0.2) is 0 Å². The molecule has 0 unspecified atom stereocenters. The van der Waals surface area contributed by atoms with Gasteiger partial charge in [0.1, 0.15) is 12.9 Å². The third kappa shape index (κ3) is 3.85. The van der Waals surface area contributed by atoms with Crippen LogP contribution < -0.4 is 0 Å². The molecule has 1 aromatic rings. The maximum absolute atomic E-state index is 10.0. The predicted octanol–water partition coefficient (Wildman–Crippen LogP) is 2.16. The van der Waals surface area contributed by atoms with Gasteiger partial charge in [0, 0.05) is 12.8 Å². The smallest absolute Gasteiger partial charge is 0.181 e. The molecule has 0 saturated heterocycles. The molecular weight excluding hydrogens is 178 g/mol. The maximum atomic E-state index is 10.0. The van der Waals surface area contributed by atoms with Crippen LogP contribution in [0.5, 0.6) is 0 Å². The van der Waals surface area contributed by atoms with Crippen LogP contribution in [0.1, 0.15) is 18.4 Å². The molecule has 0 aromatic heterocycles. The van der Waals surface area contributed by atoms with E-state index in [0.717, 1.165) is 11.8 Å². The van der Waals surface area contributed by atoms with Crippen molar-refractivity contribution < 1.29 is 9.53 Å². The third-order valence-corrected chi connectivity index (χ3v) is 1.75. The van der Waals surface area contributed by atoms with E-state index >= 15 is 0 Å². The number of ether oxygens (including phenoxy) is 1. The van der Waals surface area contributed by atoms with Crippen molar-refractivity contribution in [2.45, 2.75) is 19.4 Å². The van der Waals surface area contributed by atoms with E-state index in [4.69, 9.17) is 10.1 Å². The number of benzene rings is 1. The van der Waals surface area contributed by atoms with Crippen LogP contribution in [-0.4, -0.2) is 12.2 Å². The summed E-state index contributed by atoms with van der Waals surface area (Å²) < 4.78 is 5.15. The molecule has 0 aliphatic carbocycles. The minimum absolute atomic E-state index is 0.168. The molecule has 3 nitrogen and oxygen atoms in total. The Bertz CT molecular complexity index is 295. The summed E-state index contributed by atoms with van der Waals surface area (Å²) in [5, 5.41) is 7.36. The van der Waals surface area contributed by atoms with Gasteiger partial charge in [-0.3, -0.25) is 5.41 Å². The first-order valence-corrected chi connectivity index (χ1v) is 4.50. The van der Waals surface area contributed by atoms with E-state index in [-0.39, 0.29) is 5.90 Å². The first-order valence-electron chi connectivity index (χ1n) is 4.50. The van der Waals surface area contributed by atoms with Crippen LogP contribution >= 0.6 is 0 Å². The first kappa shape index (κ1) is 10.4. The maximum Gasteiger partial charge on any atom is 0.181 e. The Morgan fingerprint density at radius 3 is 2.71 bits per heavy atom. The minimum Gasteiger partial charge on any atom is -0.476 e. The van der Waals surface area contributed by atoms with Crippen LogP contribution in [0.2, 0.25) is 0 Å². The lowest BCUT2D eigenvalue weighted by atomic mass is 10.2. The van der Waals surface area contributed by atoms with Crippen molar-refractivity contribution in [3.63, 3.8) is 0 Å². The summed E-state index contributed by atoms with van der Waals surface area (Å²) in [4.78, 5) is 10.0. The van der Waals surface area contributed by atoms with Gasteiger partial charge in [0.05, 0.1) is 0 Å². The molecule has 0 spiro atoms. The fourth-order valence-electron chi connectivity index (χ4n) is 1.01. The average molecular weight is 191 g/mol. The summed E-state index contributed by atoms with van der Waals surface area (Å²) in [6.07, 6.45) is 1.53. The Kier molecular flexibility index (Phi) is 4.41. The molecule has 0 aliphatic heterocycles. The van der Waals surface area contributed by atoms with E-state index in [1.807, 2.05) is 30.3 Å². The number of nitrogens with one attached hydrogen (secondary N) is 1. The molecule has 1 rings (SSSR count). The quantitative estimate of drug-likeness (QED) is 0.440. The van der Waals surface area contributed by atoms with Crippen LogP contribution in [0.15, 0.2) is 30.3 Å². The largest absolute Gasteiger partial charge is 0.476 e. The van der Waals surface area contributed by atoms with E-state index < -0.39 is 0 Å². The lowest BCUT2D eigenvalue weighted by Crippen LogP contribution is -2.03. The fourth-order valence-corrected chi connectivity index (χ4v) is 1.01. The van der Waals surface area contributed by atoms with Crippen LogP contribution in [0.25, 0.3) is 0 Å². The van der Waals surface area contributed by atoms with Crippen LogP contribution in [0, 0.1) is 5.41 Å². The molecular formula is C11H13NO2. The molecule has 0 atom stereocenters. The monoisotopic (exact) mass is 191 g/mol. The molecule has 0 aliphatic rings. The van der Waals surface area contributed by atoms with Crippen LogP contribution in [0.3, 0.4) is 0 Å². The Morgan fingerprint density at radius 2 is 2.07 bits per heavy atom. The Labute approximate surface area is 83.2 Å². The zero-order valence-electron chi connectivity index (χ0n) is 7.90. The first-order chi connectivity index (χ1) is 6.83. The minimum atomic E-state index is 0.168. The highest BCUT2D eigenvalue weighted by molar-refractivity contribution is 5.75. The van der Waals surface area contributed by atoms with Crippen molar-refractivity contribution in [1.82, 2.24) is 0 Å². The molecule has 74 valence electrons. The van der Waals surface area contributed by atoms with E-state index in [2.05, 4.69) is 0 Å². The summed E-state index contributed by atoms with van der Waals surface area (Å²) in [6, 6.07) is 9.66. The van der Waals surface area contributed by atoms with Crippen LogP contribution in [-0.2, 0) is 16.1 Å². The zero-order valence-corrected chi connectivity index (χ0v) is 7.90. The highest BCUT2D eigenvalue weighted by Crippen LogP contribution is 2.02. The summed E-state index contributed by atoms with van der Waals surface area (Å²) >= 11 is 0. The molecule has 0 saturated carbocycles. The van der Waals surface area contributed by atoms with Crippen molar-refractivity contribution >= 4 is 12.2 Å². The summed E-state index contributed by atoms with van der Waals surface area (Å²) in [5.41, 5.74) is 1.03. The normalized spacial score (nSPS) is 9.43. The molecule has 0 fully saturated rings. The topological polar surface area (TPSA) is 50.2 Å². The zero-order chi connectivity index (χ0) is 10.2. The van der Waals surface area contributed by atoms with Crippen LogP contribution in [0.4, 0.5) is 0 Å².